The highest BCUT2D eigenvalue weighted by Gasteiger charge is 2.42. The van der Waals surface area contributed by atoms with E-state index in [1.165, 1.54) is 4.90 Å². The van der Waals surface area contributed by atoms with Crippen LogP contribution in [0.3, 0.4) is 0 Å². The van der Waals surface area contributed by atoms with Crippen LogP contribution in [0.15, 0.2) is 0 Å². The average Bonchev–Trinajstić information content (AvgIpc) is 3.01. The maximum atomic E-state index is 12.3. The number of nitrogens with zero attached hydrogens (tertiary/aromatic N) is 1. The lowest BCUT2D eigenvalue weighted by atomic mass is 10.2. The van der Waals surface area contributed by atoms with Crippen LogP contribution in [0.4, 0.5) is 4.79 Å². The van der Waals surface area contributed by atoms with E-state index in [-0.39, 0.29) is 24.3 Å². The fourth-order valence-electron chi connectivity index (χ4n) is 3.08. The van der Waals surface area contributed by atoms with Crippen LogP contribution in [-0.4, -0.2) is 53.6 Å². The Labute approximate surface area is 137 Å². The molecule has 1 saturated carbocycles. The molecule has 2 aliphatic rings. The minimum absolute atomic E-state index is 0.0838. The molecule has 1 saturated heterocycles. The molecule has 3 amide bonds. The predicted molar refractivity (Wildman–Crippen MR) is 84.8 cm³/mol. The monoisotopic (exact) mass is 325 g/mol. The van der Waals surface area contributed by atoms with Gasteiger partial charge in [-0.05, 0) is 33.6 Å². The molecule has 1 unspecified atom stereocenters. The van der Waals surface area contributed by atoms with Gasteiger partial charge in [-0.25, -0.2) is 4.79 Å². The number of alkyl carbamates (subject to hydrolysis) is 1. The van der Waals surface area contributed by atoms with Crippen molar-refractivity contribution in [1.29, 1.82) is 0 Å². The zero-order valence-electron chi connectivity index (χ0n) is 14.2. The first-order valence-electron chi connectivity index (χ1n) is 8.34. The van der Waals surface area contributed by atoms with Gasteiger partial charge in [0.2, 0.25) is 11.8 Å². The molecule has 0 spiro atoms. The second-order valence-electron chi connectivity index (χ2n) is 7.18. The van der Waals surface area contributed by atoms with Crippen molar-refractivity contribution in [1.82, 2.24) is 15.5 Å². The van der Waals surface area contributed by atoms with Gasteiger partial charge in [-0.2, -0.15) is 0 Å². The van der Waals surface area contributed by atoms with E-state index < -0.39 is 17.7 Å². The number of imide groups is 1. The molecular formula is C16H27N3O4. The van der Waals surface area contributed by atoms with Gasteiger partial charge in [-0.15, -0.1) is 0 Å². The summed E-state index contributed by atoms with van der Waals surface area (Å²) in [5, 5.41) is 5.67. The van der Waals surface area contributed by atoms with Crippen LogP contribution in [0.5, 0.6) is 0 Å². The maximum Gasteiger partial charge on any atom is 0.407 e. The Kier molecular flexibility index (Phi) is 5.62. The highest BCUT2D eigenvalue weighted by molar-refractivity contribution is 6.05. The van der Waals surface area contributed by atoms with Crippen LogP contribution in [0.25, 0.3) is 0 Å². The molecular weight excluding hydrogens is 298 g/mol. The molecule has 1 aliphatic carbocycles. The van der Waals surface area contributed by atoms with Crippen LogP contribution in [0, 0.1) is 0 Å². The van der Waals surface area contributed by atoms with E-state index in [1.807, 2.05) is 0 Å². The summed E-state index contributed by atoms with van der Waals surface area (Å²) in [4.78, 5) is 37.4. The van der Waals surface area contributed by atoms with Crippen molar-refractivity contribution in [3.8, 4) is 0 Å². The van der Waals surface area contributed by atoms with Crippen LogP contribution in [0.2, 0.25) is 0 Å². The first kappa shape index (κ1) is 17.7. The number of carbonyl (C=O) groups excluding carboxylic acids is 3. The molecule has 7 nitrogen and oxygen atoms in total. The zero-order chi connectivity index (χ0) is 17.0. The number of hydrogen-bond donors (Lipinski definition) is 2. The van der Waals surface area contributed by atoms with Crippen molar-refractivity contribution < 1.29 is 19.1 Å². The third kappa shape index (κ3) is 4.92. The lowest BCUT2D eigenvalue weighted by molar-refractivity contribution is -0.141. The fourth-order valence-corrected chi connectivity index (χ4v) is 3.08. The van der Waals surface area contributed by atoms with Crippen LogP contribution in [0.1, 0.15) is 52.9 Å². The molecule has 2 N–H and O–H groups in total. The largest absolute Gasteiger partial charge is 0.444 e. The Balaban J connectivity index is 1.71. The molecule has 2 fully saturated rings. The molecule has 1 atom stereocenters. The van der Waals surface area contributed by atoms with Crippen LogP contribution in [-0.2, 0) is 14.3 Å². The van der Waals surface area contributed by atoms with E-state index in [0.717, 1.165) is 25.7 Å². The van der Waals surface area contributed by atoms with Crippen molar-refractivity contribution in [3.05, 3.63) is 0 Å². The van der Waals surface area contributed by atoms with Crippen LogP contribution >= 0.6 is 0 Å². The Morgan fingerprint density at radius 2 is 1.87 bits per heavy atom. The molecule has 0 aromatic heterocycles. The summed E-state index contributed by atoms with van der Waals surface area (Å²) in [6.45, 7) is 6.15. The summed E-state index contributed by atoms with van der Waals surface area (Å²) in [6, 6.07) is -0.384. The SMILES string of the molecule is CC(C)(C)OC(=O)NCCNC1CC(=O)N(C2CCCC2)C1=O. The topological polar surface area (TPSA) is 87.7 Å². The van der Waals surface area contributed by atoms with Crippen molar-refractivity contribution >= 4 is 17.9 Å². The van der Waals surface area contributed by atoms with Gasteiger partial charge in [0, 0.05) is 19.1 Å². The first-order chi connectivity index (χ1) is 10.8. The molecule has 1 heterocycles. The second-order valence-corrected chi connectivity index (χ2v) is 7.18. The van der Waals surface area contributed by atoms with Gasteiger partial charge in [-0.3, -0.25) is 14.5 Å². The van der Waals surface area contributed by atoms with E-state index in [1.54, 1.807) is 20.8 Å². The highest BCUT2D eigenvalue weighted by atomic mass is 16.6. The Hall–Kier alpha value is -1.63. The minimum Gasteiger partial charge on any atom is -0.444 e. The van der Waals surface area contributed by atoms with Gasteiger partial charge >= 0.3 is 6.09 Å². The van der Waals surface area contributed by atoms with Gasteiger partial charge in [-0.1, -0.05) is 12.8 Å². The van der Waals surface area contributed by atoms with E-state index >= 15 is 0 Å². The molecule has 23 heavy (non-hydrogen) atoms. The number of rotatable bonds is 5. The summed E-state index contributed by atoms with van der Waals surface area (Å²) in [5.74, 6) is -0.210. The summed E-state index contributed by atoms with van der Waals surface area (Å²) in [6.07, 6.45) is 3.73. The third-order valence-corrected chi connectivity index (χ3v) is 4.06. The fraction of sp³-hybridized carbons (Fsp3) is 0.812. The number of carbonyl (C=O) groups is 3. The lowest BCUT2D eigenvalue weighted by Crippen LogP contribution is -2.45. The molecule has 0 bridgehead atoms. The molecule has 0 aromatic carbocycles. The number of hydrogen-bond acceptors (Lipinski definition) is 5. The molecule has 1 aliphatic heterocycles. The van der Waals surface area contributed by atoms with Gasteiger partial charge < -0.3 is 15.4 Å². The summed E-state index contributed by atoms with van der Waals surface area (Å²) in [7, 11) is 0. The minimum atomic E-state index is -0.535. The van der Waals surface area contributed by atoms with Crippen molar-refractivity contribution in [3.63, 3.8) is 0 Å². The van der Waals surface area contributed by atoms with Gasteiger partial charge in [0.15, 0.2) is 0 Å². The van der Waals surface area contributed by atoms with Crippen LogP contribution < -0.4 is 10.6 Å². The maximum absolute atomic E-state index is 12.3. The highest BCUT2D eigenvalue weighted by Crippen LogP contribution is 2.28. The number of ether oxygens (including phenoxy) is 1. The lowest BCUT2D eigenvalue weighted by Gasteiger charge is -2.22. The number of amides is 3. The number of nitrogens with one attached hydrogen (secondary N) is 2. The normalized spacial score (nSPS) is 22.7. The van der Waals surface area contributed by atoms with Gasteiger partial charge in [0.05, 0.1) is 12.5 Å². The summed E-state index contributed by atoms with van der Waals surface area (Å²) < 4.78 is 5.13. The van der Waals surface area contributed by atoms with Crippen molar-refractivity contribution in [2.24, 2.45) is 0 Å². The molecule has 0 radical (unpaired) electrons. The average molecular weight is 325 g/mol. The van der Waals surface area contributed by atoms with E-state index in [0.29, 0.717) is 13.1 Å². The Morgan fingerprint density at radius 1 is 1.22 bits per heavy atom. The molecule has 2 rings (SSSR count). The first-order valence-corrected chi connectivity index (χ1v) is 8.34. The Bertz CT molecular complexity index is 466. The molecule has 0 aromatic rings. The summed E-state index contributed by atoms with van der Waals surface area (Å²) in [5.41, 5.74) is -0.535. The van der Waals surface area contributed by atoms with Crippen molar-refractivity contribution in [2.75, 3.05) is 13.1 Å². The number of likely N-dealkylation sites (tertiary alicyclic amines) is 1. The predicted octanol–water partition coefficient (Wildman–Crippen LogP) is 1.17. The van der Waals surface area contributed by atoms with Gasteiger partial charge in [0.25, 0.3) is 0 Å². The van der Waals surface area contributed by atoms with Gasteiger partial charge in [0.1, 0.15) is 5.60 Å². The van der Waals surface area contributed by atoms with E-state index in [9.17, 15) is 14.4 Å². The quantitative estimate of drug-likeness (QED) is 0.585. The third-order valence-electron chi connectivity index (χ3n) is 4.06. The second kappa shape index (κ2) is 7.29. The molecule has 7 heteroatoms. The summed E-state index contributed by atoms with van der Waals surface area (Å²) >= 11 is 0. The standard InChI is InChI=1S/C16H27N3O4/c1-16(2,3)23-15(22)18-9-8-17-12-10-13(20)19(14(12)21)11-6-4-5-7-11/h11-12,17H,4-10H2,1-3H3,(H,18,22). The smallest absolute Gasteiger partial charge is 0.407 e. The zero-order valence-corrected chi connectivity index (χ0v) is 14.2. The Morgan fingerprint density at radius 3 is 2.48 bits per heavy atom. The van der Waals surface area contributed by atoms with E-state index in [2.05, 4.69) is 10.6 Å². The van der Waals surface area contributed by atoms with E-state index in [4.69, 9.17) is 4.74 Å². The molecule has 130 valence electrons. The van der Waals surface area contributed by atoms with Crippen molar-refractivity contribution in [2.45, 2.75) is 70.6 Å².